The quantitative estimate of drug-likeness (QED) is 0.615. The van der Waals surface area contributed by atoms with Gasteiger partial charge in [-0.25, -0.2) is 0 Å². The molecule has 2 heterocycles. The third kappa shape index (κ3) is 4.91. The molecule has 0 unspecified atom stereocenters. The lowest BCUT2D eigenvalue weighted by Gasteiger charge is -2.40. The maximum atomic E-state index is 12.7. The van der Waals surface area contributed by atoms with Crippen LogP contribution in [-0.2, 0) is 0 Å². The molecule has 0 aliphatic carbocycles. The minimum Gasteiger partial charge on any atom is -0.336 e. The lowest BCUT2D eigenvalue weighted by Crippen LogP contribution is -2.45. The molecule has 1 amide bonds. The highest BCUT2D eigenvalue weighted by molar-refractivity contribution is 6.31. The lowest BCUT2D eigenvalue weighted by atomic mass is 9.78. The molecule has 0 N–H and O–H groups in total. The van der Waals surface area contributed by atoms with E-state index in [9.17, 15) is 4.79 Å². The zero-order valence-electron chi connectivity index (χ0n) is 15.3. The summed E-state index contributed by atoms with van der Waals surface area (Å²) >= 11 is 12.0. The molecule has 1 aromatic carbocycles. The Morgan fingerprint density at radius 2 is 2.00 bits per heavy atom. The number of allylic oxidation sites excluding steroid dienone is 1. The number of pyridine rings is 1. The van der Waals surface area contributed by atoms with Crippen molar-refractivity contribution < 1.29 is 4.79 Å². The minimum absolute atomic E-state index is 0.0883. The Morgan fingerprint density at radius 3 is 2.70 bits per heavy atom. The van der Waals surface area contributed by atoms with Gasteiger partial charge < -0.3 is 4.90 Å². The second-order valence-electron chi connectivity index (χ2n) is 7.17. The summed E-state index contributed by atoms with van der Waals surface area (Å²) in [5, 5.41) is 1.19. The van der Waals surface area contributed by atoms with E-state index >= 15 is 0 Å². The normalized spacial score (nSPS) is 17.3. The van der Waals surface area contributed by atoms with Gasteiger partial charge in [-0.05, 0) is 42.8 Å². The fourth-order valence-corrected chi connectivity index (χ4v) is 3.50. The van der Waals surface area contributed by atoms with Gasteiger partial charge in [-0.2, -0.15) is 0 Å². The van der Waals surface area contributed by atoms with E-state index in [0.717, 1.165) is 12.0 Å². The molecule has 5 heteroatoms. The van der Waals surface area contributed by atoms with E-state index < -0.39 is 0 Å². The molecule has 2 aromatic rings. The molecule has 27 heavy (non-hydrogen) atoms. The van der Waals surface area contributed by atoms with E-state index in [1.54, 1.807) is 18.3 Å². The van der Waals surface area contributed by atoms with Gasteiger partial charge in [0.1, 0.15) is 5.69 Å². The van der Waals surface area contributed by atoms with Gasteiger partial charge in [0.15, 0.2) is 0 Å². The van der Waals surface area contributed by atoms with Crippen molar-refractivity contribution in [1.82, 2.24) is 9.88 Å². The smallest absolute Gasteiger partial charge is 0.272 e. The molecule has 0 saturated carbocycles. The van der Waals surface area contributed by atoms with Crippen molar-refractivity contribution >= 4 is 29.1 Å². The largest absolute Gasteiger partial charge is 0.336 e. The SMILES string of the molecule is CC1(C)CN(C(=O)c2cc(Cl)ccn2)CC/C1=C\C#Cc1cccc(Cl)c1. The summed E-state index contributed by atoms with van der Waals surface area (Å²) < 4.78 is 0. The van der Waals surface area contributed by atoms with Crippen LogP contribution in [-0.4, -0.2) is 28.9 Å². The molecule has 0 spiro atoms. The molecule has 1 fully saturated rings. The Hall–Kier alpha value is -2.28. The second kappa shape index (κ2) is 8.17. The molecular weight excluding hydrogens is 379 g/mol. The van der Waals surface area contributed by atoms with Crippen LogP contribution in [0.3, 0.4) is 0 Å². The van der Waals surface area contributed by atoms with Crippen molar-refractivity contribution in [3.05, 3.63) is 75.5 Å². The number of carbonyl (C=O) groups is 1. The van der Waals surface area contributed by atoms with E-state index in [-0.39, 0.29) is 11.3 Å². The zero-order chi connectivity index (χ0) is 19.4. The van der Waals surface area contributed by atoms with E-state index in [1.807, 2.05) is 35.2 Å². The standard InChI is InChI=1S/C22H20Cl2N2O/c1-22(2)15-26(21(27)20-14-19(24)9-11-25-20)12-10-17(22)7-3-5-16-6-4-8-18(23)13-16/h4,6-9,11,13-14H,10,12,15H2,1-2H3/b17-7+. The summed E-state index contributed by atoms with van der Waals surface area (Å²) in [6.45, 7) is 5.52. The number of hydrogen-bond donors (Lipinski definition) is 0. The first-order valence-corrected chi connectivity index (χ1v) is 9.48. The fraction of sp³-hybridized carbons (Fsp3) is 0.273. The molecule has 3 nitrogen and oxygen atoms in total. The van der Waals surface area contributed by atoms with Crippen LogP contribution in [0.1, 0.15) is 36.3 Å². The monoisotopic (exact) mass is 398 g/mol. The van der Waals surface area contributed by atoms with Crippen molar-refractivity contribution in [2.75, 3.05) is 13.1 Å². The molecule has 0 atom stereocenters. The van der Waals surface area contributed by atoms with Crippen LogP contribution in [0, 0.1) is 17.3 Å². The number of halogens is 2. The van der Waals surface area contributed by atoms with Crippen LogP contribution >= 0.6 is 23.2 Å². The minimum atomic E-state index is -0.157. The molecule has 0 bridgehead atoms. The summed E-state index contributed by atoms with van der Waals surface area (Å²) in [6.07, 6.45) is 4.31. The maximum Gasteiger partial charge on any atom is 0.272 e. The molecule has 1 saturated heterocycles. The average molecular weight is 399 g/mol. The Labute approximate surface area is 170 Å². The maximum absolute atomic E-state index is 12.7. The topological polar surface area (TPSA) is 33.2 Å². The van der Waals surface area contributed by atoms with Crippen molar-refractivity contribution in [3.8, 4) is 11.8 Å². The Balaban J connectivity index is 1.73. The molecular formula is C22H20Cl2N2O. The fourth-order valence-electron chi connectivity index (χ4n) is 3.15. The van der Waals surface area contributed by atoms with Gasteiger partial charge in [0.2, 0.25) is 0 Å². The second-order valence-corrected chi connectivity index (χ2v) is 8.04. The highest BCUT2D eigenvalue weighted by atomic mass is 35.5. The number of benzene rings is 1. The number of amides is 1. The summed E-state index contributed by atoms with van der Waals surface area (Å²) in [7, 11) is 0. The summed E-state index contributed by atoms with van der Waals surface area (Å²) in [5.41, 5.74) is 2.35. The van der Waals surface area contributed by atoms with Crippen LogP contribution in [0.5, 0.6) is 0 Å². The number of nitrogens with zero attached hydrogens (tertiary/aromatic N) is 2. The zero-order valence-corrected chi connectivity index (χ0v) is 16.8. The number of likely N-dealkylation sites (tertiary alicyclic amines) is 1. The third-order valence-electron chi connectivity index (χ3n) is 4.62. The summed E-state index contributed by atoms with van der Waals surface area (Å²) in [6, 6.07) is 10.8. The van der Waals surface area contributed by atoms with Crippen LogP contribution < -0.4 is 0 Å². The predicted octanol–water partition coefficient (Wildman–Crippen LogP) is 5.24. The van der Waals surface area contributed by atoms with Crippen LogP contribution in [0.25, 0.3) is 0 Å². The first-order chi connectivity index (χ1) is 12.8. The van der Waals surface area contributed by atoms with Crippen molar-refractivity contribution in [3.63, 3.8) is 0 Å². The Kier molecular flexibility index (Phi) is 5.89. The van der Waals surface area contributed by atoms with Gasteiger partial charge in [0, 0.05) is 40.3 Å². The van der Waals surface area contributed by atoms with Gasteiger partial charge in [-0.3, -0.25) is 9.78 Å². The Morgan fingerprint density at radius 1 is 1.22 bits per heavy atom. The van der Waals surface area contributed by atoms with Crippen LogP contribution in [0.15, 0.2) is 54.2 Å². The first-order valence-electron chi connectivity index (χ1n) is 8.73. The predicted molar refractivity (Wildman–Crippen MR) is 110 cm³/mol. The number of hydrogen-bond acceptors (Lipinski definition) is 2. The van der Waals surface area contributed by atoms with Crippen LogP contribution in [0.4, 0.5) is 0 Å². The molecule has 1 aromatic heterocycles. The van der Waals surface area contributed by atoms with Crippen LogP contribution in [0.2, 0.25) is 10.0 Å². The van der Waals surface area contributed by atoms with Crippen molar-refractivity contribution in [2.24, 2.45) is 5.41 Å². The van der Waals surface area contributed by atoms with Crippen molar-refractivity contribution in [2.45, 2.75) is 20.3 Å². The molecule has 0 radical (unpaired) electrons. The molecule has 138 valence electrons. The molecule has 1 aliphatic heterocycles. The number of carbonyl (C=O) groups excluding carboxylic acids is 1. The van der Waals surface area contributed by atoms with Gasteiger partial charge in [-0.1, -0.05) is 60.5 Å². The third-order valence-corrected chi connectivity index (χ3v) is 5.09. The summed E-state index contributed by atoms with van der Waals surface area (Å²) in [4.78, 5) is 18.7. The van der Waals surface area contributed by atoms with Gasteiger partial charge >= 0.3 is 0 Å². The molecule has 1 aliphatic rings. The number of rotatable bonds is 1. The number of aromatic nitrogens is 1. The van der Waals surface area contributed by atoms with Gasteiger partial charge in [0.25, 0.3) is 5.91 Å². The summed E-state index contributed by atoms with van der Waals surface area (Å²) in [5.74, 6) is 6.17. The van der Waals surface area contributed by atoms with E-state index in [0.29, 0.717) is 28.8 Å². The van der Waals surface area contributed by atoms with E-state index in [4.69, 9.17) is 23.2 Å². The van der Waals surface area contributed by atoms with E-state index in [1.165, 1.54) is 5.57 Å². The van der Waals surface area contributed by atoms with Gasteiger partial charge in [0.05, 0.1) is 0 Å². The van der Waals surface area contributed by atoms with Gasteiger partial charge in [-0.15, -0.1) is 0 Å². The Bertz CT molecular complexity index is 954. The average Bonchev–Trinajstić information content (AvgIpc) is 2.62. The first kappa shape index (κ1) is 19.5. The number of piperidine rings is 1. The van der Waals surface area contributed by atoms with Crippen molar-refractivity contribution in [1.29, 1.82) is 0 Å². The highest BCUT2D eigenvalue weighted by Gasteiger charge is 2.33. The van der Waals surface area contributed by atoms with E-state index in [2.05, 4.69) is 30.7 Å². The highest BCUT2D eigenvalue weighted by Crippen LogP contribution is 2.34. The lowest BCUT2D eigenvalue weighted by molar-refractivity contribution is 0.0657. The molecule has 3 rings (SSSR count).